The monoisotopic (exact) mass is 317 g/mol. The van der Waals surface area contributed by atoms with E-state index in [4.69, 9.17) is 0 Å². The number of aromatic amines is 1. The standard InChI is InChI=1S/C10H6F3N5O2S/c11-10(12,13)8-15-16-9(21)17(8)14-5-6-1-3-7(4-2-6)18(19)20/h1-5H,(H,16,21)/b14-5+. The van der Waals surface area contributed by atoms with Gasteiger partial charge in [-0.25, -0.2) is 5.10 Å². The minimum atomic E-state index is -4.71. The molecule has 11 heteroatoms. The second-order valence-electron chi connectivity index (χ2n) is 3.76. The molecular weight excluding hydrogens is 311 g/mol. The molecule has 0 amide bonds. The normalized spacial score (nSPS) is 12.0. The van der Waals surface area contributed by atoms with Crippen LogP contribution in [0.4, 0.5) is 18.9 Å². The molecule has 0 aliphatic carbocycles. The van der Waals surface area contributed by atoms with Crippen LogP contribution in [0.1, 0.15) is 11.4 Å². The van der Waals surface area contributed by atoms with Gasteiger partial charge >= 0.3 is 6.18 Å². The van der Waals surface area contributed by atoms with Crippen LogP contribution in [0.3, 0.4) is 0 Å². The summed E-state index contributed by atoms with van der Waals surface area (Å²) in [5.74, 6) is -1.29. The number of hydrogen-bond donors (Lipinski definition) is 1. The molecule has 1 N–H and O–H groups in total. The molecule has 110 valence electrons. The van der Waals surface area contributed by atoms with E-state index >= 15 is 0 Å². The van der Waals surface area contributed by atoms with Crippen molar-refractivity contribution < 1.29 is 18.1 Å². The molecule has 0 saturated heterocycles. The molecule has 0 aliphatic rings. The maximum atomic E-state index is 12.6. The van der Waals surface area contributed by atoms with Crippen LogP contribution in [-0.4, -0.2) is 26.0 Å². The third kappa shape index (κ3) is 3.31. The Morgan fingerprint density at radius 1 is 1.38 bits per heavy atom. The van der Waals surface area contributed by atoms with Gasteiger partial charge in [-0.05, 0) is 29.9 Å². The van der Waals surface area contributed by atoms with Gasteiger partial charge < -0.3 is 0 Å². The fourth-order valence-electron chi connectivity index (χ4n) is 1.39. The smallest absolute Gasteiger partial charge is 0.258 e. The van der Waals surface area contributed by atoms with Gasteiger partial charge in [0, 0.05) is 12.1 Å². The van der Waals surface area contributed by atoms with E-state index < -0.39 is 16.9 Å². The molecule has 1 aromatic heterocycles. The van der Waals surface area contributed by atoms with Crippen LogP contribution >= 0.6 is 12.2 Å². The summed E-state index contributed by atoms with van der Waals surface area (Å²) in [6.07, 6.45) is -3.62. The number of halogens is 3. The van der Waals surface area contributed by atoms with Crippen molar-refractivity contribution in [3.8, 4) is 0 Å². The number of hydrogen-bond acceptors (Lipinski definition) is 5. The molecule has 0 unspecified atom stereocenters. The lowest BCUT2D eigenvalue weighted by molar-refractivity contribution is -0.384. The first kappa shape index (κ1) is 14.8. The van der Waals surface area contributed by atoms with Crippen LogP contribution in [0.15, 0.2) is 29.4 Å². The summed E-state index contributed by atoms with van der Waals surface area (Å²) in [6, 6.07) is 5.11. The van der Waals surface area contributed by atoms with E-state index in [1.54, 1.807) is 0 Å². The number of nitro benzene ring substituents is 1. The first-order valence-electron chi connectivity index (χ1n) is 5.32. The molecule has 1 aromatic carbocycles. The predicted octanol–water partition coefficient (Wildman–Crippen LogP) is 2.75. The maximum Gasteiger partial charge on any atom is 0.453 e. The van der Waals surface area contributed by atoms with Gasteiger partial charge in [0.15, 0.2) is 0 Å². The van der Waals surface area contributed by atoms with Crippen molar-refractivity contribution in [2.24, 2.45) is 5.10 Å². The minimum absolute atomic E-state index is 0.136. The highest BCUT2D eigenvalue weighted by atomic mass is 32.1. The molecule has 0 saturated carbocycles. The number of nitro groups is 1. The second-order valence-corrected chi connectivity index (χ2v) is 4.14. The molecule has 0 bridgehead atoms. The van der Waals surface area contributed by atoms with E-state index in [-0.39, 0.29) is 10.5 Å². The molecule has 0 spiro atoms. The Labute approximate surface area is 119 Å². The molecule has 0 radical (unpaired) electrons. The van der Waals surface area contributed by atoms with Crippen LogP contribution in [0.2, 0.25) is 0 Å². The minimum Gasteiger partial charge on any atom is -0.258 e. The summed E-state index contributed by atoms with van der Waals surface area (Å²) in [6.45, 7) is 0. The zero-order valence-electron chi connectivity index (χ0n) is 10.0. The van der Waals surface area contributed by atoms with Crippen molar-refractivity contribution in [2.75, 3.05) is 0 Å². The number of benzene rings is 1. The van der Waals surface area contributed by atoms with Crippen LogP contribution in [0, 0.1) is 14.9 Å². The number of nitrogens with zero attached hydrogens (tertiary/aromatic N) is 4. The second kappa shape index (κ2) is 5.44. The fourth-order valence-corrected chi connectivity index (χ4v) is 1.57. The Morgan fingerprint density at radius 2 is 2.00 bits per heavy atom. The van der Waals surface area contributed by atoms with Gasteiger partial charge in [0.2, 0.25) is 4.77 Å². The topological polar surface area (TPSA) is 89.1 Å². The molecule has 1 heterocycles. The van der Waals surface area contributed by atoms with Crippen LogP contribution in [-0.2, 0) is 6.18 Å². The number of aromatic nitrogens is 3. The van der Waals surface area contributed by atoms with Gasteiger partial charge in [0.25, 0.3) is 11.5 Å². The lowest BCUT2D eigenvalue weighted by Gasteiger charge is -2.03. The largest absolute Gasteiger partial charge is 0.453 e. The highest BCUT2D eigenvalue weighted by Crippen LogP contribution is 2.27. The molecule has 0 atom stereocenters. The molecule has 2 aromatic rings. The molecule has 7 nitrogen and oxygen atoms in total. The summed E-state index contributed by atoms with van der Waals surface area (Å²) >= 11 is 4.65. The Bertz CT molecular complexity index is 747. The molecule has 0 fully saturated rings. The quantitative estimate of drug-likeness (QED) is 0.408. The van der Waals surface area contributed by atoms with Crippen molar-refractivity contribution in [3.05, 3.63) is 50.5 Å². The Balaban J connectivity index is 2.32. The highest BCUT2D eigenvalue weighted by molar-refractivity contribution is 7.71. The number of alkyl halides is 3. The SMILES string of the molecule is O=[N+]([O-])c1ccc(/C=N/n2c(C(F)(F)F)n[nH]c2=S)cc1. The fraction of sp³-hybridized carbons (Fsp3) is 0.100. The van der Waals surface area contributed by atoms with Gasteiger partial charge in [-0.1, -0.05) is 0 Å². The van der Waals surface area contributed by atoms with Gasteiger partial charge in [-0.3, -0.25) is 10.1 Å². The zero-order chi connectivity index (χ0) is 15.6. The van der Waals surface area contributed by atoms with Crippen LogP contribution < -0.4 is 0 Å². The van der Waals surface area contributed by atoms with Crippen molar-refractivity contribution in [3.63, 3.8) is 0 Å². The lowest BCUT2D eigenvalue weighted by atomic mass is 10.2. The van der Waals surface area contributed by atoms with Crippen molar-refractivity contribution in [1.82, 2.24) is 14.9 Å². The Kier molecular flexibility index (Phi) is 3.84. The third-order valence-corrected chi connectivity index (χ3v) is 2.59. The molecule has 2 rings (SSSR count). The number of non-ortho nitro benzene ring substituents is 1. The number of H-pyrrole nitrogens is 1. The number of rotatable bonds is 3. The van der Waals surface area contributed by atoms with Crippen molar-refractivity contribution >= 4 is 24.1 Å². The third-order valence-electron chi connectivity index (χ3n) is 2.33. The first-order chi connectivity index (χ1) is 9.79. The summed E-state index contributed by atoms with van der Waals surface area (Å²) in [5.41, 5.74) is 0.236. The summed E-state index contributed by atoms with van der Waals surface area (Å²) < 4.78 is 38.0. The van der Waals surface area contributed by atoms with Gasteiger partial charge in [0.05, 0.1) is 11.1 Å². The van der Waals surface area contributed by atoms with E-state index in [1.807, 2.05) is 5.10 Å². The lowest BCUT2D eigenvalue weighted by Crippen LogP contribution is -2.12. The van der Waals surface area contributed by atoms with Gasteiger partial charge in [-0.15, -0.1) is 5.10 Å². The van der Waals surface area contributed by atoms with Crippen molar-refractivity contribution in [2.45, 2.75) is 6.18 Å². The molecule has 0 aliphatic heterocycles. The van der Waals surface area contributed by atoms with Crippen LogP contribution in [0.5, 0.6) is 0 Å². The van der Waals surface area contributed by atoms with E-state index in [2.05, 4.69) is 22.4 Å². The average molecular weight is 317 g/mol. The van der Waals surface area contributed by atoms with E-state index in [9.17, 15) is 23.3 Å². The maximum absolute atomic E-state index is 12.6. The molecule has 21 heavy (non-hydrogen) atoms. The zero-order valence-corrected chi connectivity index (χ0v) is 10.9. The van der Waals surface area contributed by atoms with E-state index in [1.165, 1.54) is 24.3 Å². The summed E-state index contributed by atoms with van der Waals surface area (Å²) in [7, 11) is 0. The summed E-state index contributed by atoms with van der Waals surface area (Å²) in [4.78, 5) is 9.88. The van der Waals surface area contributed by atoms with E-state index in [0.29, 0.717) is 10.2 Å². The number of nitrogens with one attached hydrogen (secondary N) is 1. The highest BCUT2D eigenvalue weighted by Gasteiger charge is 2.37. The van der Waals surface area contributed by atoms with Gasteiger partial charge in [-0.2, -0.15) is 22.9 Å². The molecular formula is C10H6F3N5O2S. The van der Waals surface area contributed by atoms with Crippen molar-refractivity contribution in [1.29, 1.82) is 0 Å². The van der Waals surface area contributed by atoms with Gasteiger partial charge in [0.1, 0.15) is 0 Å². The first-order valence-corrected chi connectivity index (χ1v) is 5.73. The summed E-state index contributed by atoms with van der Waals surface area (Å²) in [5, 5.41) is 19.1. The Morgan fingerprint density at radius 3 is 2.52 bits per heavy atom. The Hall–Kier alpha value is -2.56. The average Bonchev–Trinajstić information content (AvgIpc) is 2.78. The van der Waals surface area contributed by atoms with E-state index in [0.717, 1.165) is 6.21 Å². The predicted molar refractivity (Wildman–Crippen MR) is 68.5 cm³/mol. The van der Waals surface area contributed by atoms with Crippen LogP contribution in [0.25, 0.3) is 0 Å².